The van der Waals surface area contributed by atoms with Crippen molar-refractivity contribution in [1.82, 2.24) is 25.1 Å². The largest absolute Gasteiger partial charge is 0.464 e. The van der Waals surface area contributed by atoms with Crippen molar-refractivity contribution in [2.75, 3.05) is 7.11 Å². The van der Waals surface area contributed by atoms with Crippen LogP contribution in [0, 0.1) is 0 Å². The molecule has 2 rings (SSSR count). The second-order valence-electron chi connectivity index (χ2n) is 4.98. The number of aromatic nitrogens is 5. The van der Waals surface area contributed by atoms with Gasteiger partial charge in [0.15, 0.2) is 11.5 Å². The summed E-state index contributed by atoms with van der Waals surface area (Å²) in [4.78, 5) is 16.0. The molecule has 0 saturated heterocycles. The van der Waals surface area contributed by atoms with Crippen LogP contribution in [0.3, 0.4) is 0 Å². The zero-order valence-corrected chi connectivity index (χ0v) is 12.7. The molecule has 0 spiro atoms. The molecule has 0 aliphatic rings. The minimum absolute atomic E-state index is 0.0658. The van der Waals surface area contributed by atoms with Gasteiger partial charge in [0.25, 0.3) is 0 Å². The normalized spacial score (nSPS) is 11.1. The molecule has 2 aromatic rings. The topological polar surface area (TPSA) is 95.9 Å². The number of carbonyl (C=O) groups is 1. The van der Waals surface area contributed by atoms with Gasteiger partial charge in [0.1, 0.15) is 6.54 Å². The van der Waals surface area contributed by atoms with Gasteiger partial charge in [0.05, 0.1) is 12.8 Å². The molecule has 0 amide bonds. The Kier molecular flexibility index (Phi) is 4.66. The number of rotatable bonds is 6. The van der Waals surface area contributed by atoms with E-state index in [0.717, 1.165) is 12.8 Å². The molecular weight excluding hydrogens is 274 g/mol. The number of carbonyl (C=O) groups excluding carboxylic acids is 1. The molecule has 0 saturated carbocycles. The number of esters is 1. The summed E-state index contributed by atoms with van der Waals surface area (Å²) in [7, 11) is 1.32. The maximum absolute atomic E-state index is 11.7. The first-order valence-corrected chi connectivity index (χ1v) is 6.90. The third kappa shape index (κ3) is 3.26. The number of ether oxygens (including phenoxy) is 1. The van der Waals surface area contributed by atoms with E-state index < -0.39 is 5.97 Å². The number of hydrogen-bond acceptors (Lipinski definition) is 7. The fourth-order valence-corrected chi connectivity index (χ4v) is 2.05. The van der Waals surface area contributed by atoms with E-state index in [1.54, 1.807) is 4.68 Å². The molecular formula is C13H19N5O3. The monoisotopic (exact) mass is 293 g/mol. The van der Waals surface area contributed by atoms with Gasteiger partial charge in [-0.05, 0) is 12.3 Å². The van der Waals surface area contributed by atoms with Gasteiger partial charge >= 0.3 is 5.97 Å². The van der Waals surface area contributed by atoms with Crippen molar-refractivity contribution in [3.63, 3.8) is 0 Å². The lowest BCUT2D eigenvalue weighted by Crippen LogP contribution is -2.12. The maximum Gasteiger partial charge on any atom is 0.360 e. The molecule has 0 atom stereocenters. The van der Waals surface area contributed by atoms with Crippen molar-refractivity contribution in [2.45, 2.75) is 46.1 Å². The van der Waals surface area contributed by atoms with E-state index in [9.17, 15) is 4.79 Å². The Morgan fingerprint density at radius 2 is 2.19 bits per heavy atom. The van der Waals surface area contributed by atoms with E-state index in [0.29, 0.717) is 24.0 Å². The first kappa shape index (κ1) is 15.1. The molecule has 8 nitrogen and oxygen atoms in total. The predicted molar refractivity (Wildman–Crippen MR) is 72.8 cm³/mol. The highest BCUT2D eigenvalue weighted by atomic mass is 16.5. The molecule has 0 aromatic carbocycles. The van der Waals surface area contributed by atoms with E-state index in [-0.39, 0.29) is 11.6 Å². The van der Waals surface area contributed by atoms with E-state index in [1.807, 2.05) is 20.8 Å². The third-order valence-electron chi connectivity index (χ3n) is 2.96. The summed E-state index contributed by atoms with van der Waals surface area (Å²) in [6.07, 6.45) is 1.68. The highest BCUT2D eigenvalue weighted by Crippen LogP contribution is 2.19. The van der Waals surface area contributed by atoms with E-state index in [1.165, 1.54) is 7.11 Å². The summed E-state index contributed by atoms with van der Waals surface area (Å²) >= 11 is 0. The van der Waals surface area contributed by atoms with Crippen molar-refractivity contribution in [1.29, 1.82) is 0 Å². The Bertz CT molecular complexity index is 617. The van der Waals surface area contributed by atoms with Crippen LogP contribution in [0.2, 0.25) is 0 Å². The van der Waals surface area contributed by atoms with Crippen LogP contribution in [0.5, 0.6) is 0 Å². The maximum atomic E-state index is 11.7. The smallest absolute Gasteiger partial charge is 0.360 e. The van der Waals surface area contributed by atoms with Crippen molar-refractivity contribution >= 4 is 5.97 Å². The quantitative estimate of drug-likeness (QED) is 0.746. The Labute approximate surface area is 122 Å². The van der Waals surface area contributed by atoms with Gasteiger partial charge in [-0.3, -0.25) is 0 Å². The lowest BCUT2D eigenvalue weighted by molar-refractivity contribution is 0.0592. The Morgan fingerprint density at radius 3 is 2.81 bits per heavy atom. The minimum Gasteiger partial charge on any atom is -0.464 e. The van der Waals surface area contributed by atoms with Gasteiger partial charge in [0.2, 0.25) is 5.89 Å². The SMILES string of the molecule is CCCc1nc(Cn2nnc(C(=O)OC)c2C(C)C)no1. The lowest BCUT2D eigenvalue weighted by Gasteiger charge is -2.08. The second-order valence-corrected chi connectivity index (χ2v) is 4.98. The van der Waals surface area contributed by atoms with Crippen LogP contribution in [0.1, 0.15) is 61.0 Å². The standard InChI is InChI=1S/C13H19N5O3/c1-5-6-10-14-9(16-21-10)7-18-12(8(2)3)11(15-17-18)13(19)20-4/h8H,5-7H2,1-4H3. The zero-order chi connectivity index (χ0) is 15.4. The van der Waals surface area contributed by atoms with E-state index in [4.69, 9.17) is 9.26 Å². The van der Waals surface area contributed by atoms with Gasteiger partial charge < -0.3 is 9.26 Å². The molecule has 0 aliphatic heterocycles. The molecule has 2 heterocycles. The van der Waals surface area contributed by atoms with E-state index in [2.05, 4.69) is 20.5 Å². The first-order chi connectivity index (χ1) is 10.1. The number of hydrogen-bond donors (Lipinski definition) is 0. The van der Waals surface area contributed by atoms with Crippen LogP contribution in [-0.2, 0) is 17.7 Å². The van der Waals surface area contributed by atoms with Gasteiger partial charge in [-0.25, -0.2) is 9.48 Å². The molecule has 0 aliphatic carbocycles. The molecule has 8 heteroatoms. The van der Waals surface area contributed by atoms with Crippen molar-refractivity contribution < 1.29 is 14.1 Å². The molecule has 114 valence electrons. The highest BCUT2D eigenvalue weighted by Gasteiger charge is 2.23. The molecule has 2 aromatic heterocycles. The van der Waals surface area contributed by atoms with Crippen LogP contribution in [0.15, 0.2) is 4.52 Å². The van der Waals surface area contributed by atoms with Crippen LogP contribution >= 0.6 is 0 Å². The molecule has 0 bridgehead atoms. The molecule has 0 N–H and O–H groups in total. The summed E-state index contributed by atoms with van der Waals surface area (Å²) in [5, 5.41) is 11.8. The summed E-state index contributed by atoms with van der Waals surface area (Å²) in [6, 6.07) is 0. The number of nitrogens with zero attached hydrogens (tertiary/aromatic N) is 5. The fourth-order valence-electron chi connectivity index (χ4n) is 2.05. The van der Waals surface area contributed by atoms with Crippen molar-refractivity contribution in [2.24, 2.45) is 0 Å². The molecule has 21 heavy (non-hydrogen) atoms. The fraction of sp³-hybridized carbons (Fsp3) is 0.615. The van der Waals surface area contributed by atoms with Crippen LogP contribution in [-0.4, -0.2) is 38.2 Å². The molecule has 0 radical (unpaired) electrons. The van der Waals surface area contributed by atoms with Gasteiger partial charge in [-0.2, -0.15) is 4.98 Å². The second kappa shape index (κ2) is 6.47. The van der Waals surface area contributed by atoms with Crippen LogP contribution in [0.4, 0.5) is 0 Å². The van der Waals surface area contributed by atoms with Crippen LogP contribution in [0.25, 0.3) is 0 Å². The average molecular weight is 293 g/mol. The van der Waals surface area contributed by atoms with Gasteiger partial charge in [-0.1, -0.05) is 31.1 Å². The van der Waals surface area contributed by atoms with Crippen molar-refractivity contribution in [3.8, 4) is 0 Å². The summed E-state index contributed by atoms with van der Waals surface area (Å²) < 4.78 is 11.5. The number of methoxy groups -OCH3 is 1. The lowest BCUT2D eigenvalue weighted by atomic mass is 10.1. The average Bonchev–Trinajstić information content (AvgIpc) is 3.06. The highest BCUT2D eigenvalue weighted by molar-refractivity contribution is 5.88. The van der Waals surface area contributed by atoms with Crippen LogP contribution < -0.4 is 0 Å². The predicted octanol–water partition coefficient (Wildman–Crippen LogP) is 1.57. The summed E-state index contributed by atoms with van der Waals surface area (Å²) in [6.45, 7) is 6.27. The van der Waals surface area contributed by atoms with Crippen molar-refractivity contribution in [3.05, 3.63) is 23.1 Å². The Hall–Kier alpha value is -2.25. The summed E-state index contributed by atoms with van der Waals surface area (Å²) in [5.41, 5.74) is 0.925. The minimum atomic E-state index is -0.496. The zero-order valence-electron chi connectivity index (χ0n) is 12.7. The number of aryl methyl sites for hydroxylation is 1. The first-order valence-electron chi connectivity index (χ1n) is 6.90. The third-order valence-corrected chi connectivity index (χ3v) is 2.96. The molecule has 0 unspecified atom stereocenters. The van der Waals surface area contributed by atoms with E-state index >= 15 is 0 Å². The summed E-state index contributed by atoms with van der Waals surface area (Å²) in [5.74, 6) is 0.689. The Balaban J connectivity index is 2.26. The molecule has 0 fully saturated rings. The van der Waals surface area contributed by atoms with Gasteiger partial charge in [0, 0.05) is 6.42 Å². The Morgan fingerprint density at radius 1 is 1.43 bits per heavy atom. The van der Waals surface area contributed by atoms with Gasteiger partial charge in [-0.15, -0.1) is 5.10 Å².